The molecule has 3 heterocycles. The predicted octanol–water partition coefficient (Wildman–Crippen LogP) is 3.42. The number of nitriles is 1. The van der Waals surface area contributed by atoms with Gasteiger partial charge in [0.25, 0.3) is 5.91 Å². The third kappa shape index (κ3) is 3.06. The van der Waals surface area contributed by atoms with Crippen molar-refractivity contribution in [1.82, 2.24) is 9.88 Å². The molecule has 0 N–H and O–H groups in total. The molecule has 1 spiro atoms. The van der Waals surface area contributed by atoms with Crippen molar-refractivity contribution < 1.29 is 9.53 Å². The van der Waals surface area contributed by atoms with Crippen molar-refractivity contribution in [2.45, 2.75) is 24.9 Å². The van der Waals surface area contributed by atoms with Crippen LogP contribution in [0.25, 0.3) is 6.08 Å². The Balaban J connectivity index is 1.48. The van der Waals surface area contributed by atoms with Crippen LogP contribution in [0, 0.1) is 11.3 Å². The van der Waals surface area contributed by atoms with Gasteiger partial charge < -0.3 is 9.64 Å². The summed E-state index contributed by atoms with van der Waals surface area (Å²) in [6, 6.07) is 13.2. The number of hydrogen-bond donors (Lipinski definition) is 0. The van der Waals surface area contributed by atoms with Crippen molar-refractivity contribution in [3.05, 3.63) is 65.5 Å². The number of pyridine rings is 1. The number of rotatable bonds is 1. The van der Waals surface area contributed by atoms with Gasteiger partial charge >= 0.3 is 0 Å². The van der Waals surface area contributed by atoms with E-state index in [-0.39, 0.29) is 11.5 Å². The van der Waals surface area contributed by atoms with E-state index >= 15 is 0 Å². The summed E-state index contributed by atoms with van der Waals surface area (Å²) in [5, 5.41) is 8.84. The zero-order valence-corrected chi connectivity index (χ0v) is 14.4. The summed E-state index contributed by atoms with van der Waals surface area (Å²) in [7, 11) is 0. The SMILES string of the molecule is N#Cc1ccc(C(=O)N2CCC[C@]3(C=Cc4ccccc4O3)CC2)cn1. The van der Waals surface area contributed by atoms with E-state index in [1.165, 1.54) is 6.20 Å². The van der Waals surface area contributed by atoms with Crippen LogP contribution in [0.5, 0.6) is 5.75 Å². The van der Waals surface area contributed by atoms with Gasteiger partial charge in [-0.2, -0.15) is 5.26 Å². The highest BCUT2D eigenvalue weighted by molar-refractivity contribution is 5.94. The highest BCUT2D eigenvalue weighted by Crippen LogP contribution is 2.37. The van der Waals surface area contributed by atoms with E-state index in [0.717, 1.165) is 30.6 Å². The standard InChI is InChI=1S/C21H19N3O2/c22-14-18-7-6-17(15-23-18)20(25)24-12-3-9-21(11-13-24)10-8-16-4-1-2-5-19(16)26-21/h1-2,4-8,10,15H,3,9,11-13H2/t21-/m0/s1. The monoisotopic (exact) mass is 345 g/mol. The fourth-order valence-corrected chi connectivity index (χ4v) is 3.58. The zero-order valence-electron chi connectivity index (χ0n) is 14.4. The van der Waals surface area contributed by atoms with Crippen LogP contribution in [0.2, 0.25) is 0 Å². The number of carbonyl (C=O) groups excluding carboxylic acids is 1. The molecule has 5 nitrogen and oxygen atoms in total. The minimum absolute atomic E-state index is 0.0424. The quantitative estimate of drug-likeness (QED) is 0.794. The molecule has 0 aliphatic carbocycles. The largest absolute Gasteiger partial charge is 0.483 e. The first kappa shape index (κ1) is 16.3. The van der Waals surface area contributed by atoms with E-state index in [1.54, 1.807) is 12.1 Å². The van der Waals surface area contributed by atoms with E-state index in [1.807, 2.05) is 35.2 Å². The number of nitrogens with zero attached hydrogens (tertiary/aromatic N) is 3. The number of ether oxygens (including phenoxy) is 1. The van der Waals surface area contributed by atoms with Gasteiger partial charge in [0.15, 0.2) is 0 Å². The van der Waals surface area contributed by atoms with Gasteiger partial charge in [0.05, 0.1) is 5.56 Å². The minimum Gasteiger partial charge on any atom is -0.483 e. The van der Waals surface area contributed by atoms with Crippen molar-refractivity contribution in [1.29, 1.82) is 5.26 Å². The molecule has 1 amide bonds. The maximum absolute atomic E-state index is 12.8. The summed E-state index contributed by atoms with van der Waals surface area (Å²) in [6.07, 6.45) is 8.27. The zero-order chi connectivity index (χ0) is 18.0. The summed E-state index contributed by atoms with van der Waals surface area (Å²) >= 11 is 0. The number of para-hydroxylation sites is 1. The summed E-state index contributed by atoms with van der Waals surface area (Å²) in [4.78, 5) is 18.6. The molecule has 2 aliphatic rings. The van der Waals surface area contributed by atoms with Gasteiger partial charge in [0.1, 0.15) is 23.1 Å². The molecule has 1 atom stereocenters. The van der Waals surface area contributed by atoms with Crippen LogP contribution in [-0.4, -0.2) is 34.5 Å². The third-order valence-corrected chi connectivity index (χ3v) is 5.04. The van der Waals surface area contributed by atoms with Crippen LogP contribution in [0.15, 0.2) is 48.7 Å². The molecule has 1 saturated heterocycles. The Labute approximate surface area is 152 Å². The fraction of sp³-hybridized carbons (Fsp3) is 0.286. The van der Waals surface area contributed by atoms with Gasteiger partial charge in [-0.15, -0.1) is 0 Å². The topological polar surface area (TPSA) is 66.2 Å². The maximum Gasteiger partial charge on any atom is 0.255 e. The molecule has 1 fully saturated rings. The van der Waals surface area contributed by atoms with Gasteiger partial charge in [0.2, 0.25) is 0 Å². The number of benzene rings is 1. The smallest absolute Gasteiger partial charge is 0.255 e. The number of carbonyl (C=O) groups is 1. The summed E-state index contributed by atoms with van der Waals surface area (Å²) in [6.45, 7) is 1.32. The van der Waals surface area contributed by atoms with Gasteiger partial charge in [0, 0.05) is 31.3 Å². The predicted molar refractivity (Wildman–Crippen MR) is 97.5 cm³/mol. The van der Waals surface area contributed by atoms with E-state index in [0.29, 0.717) is 24.3 Å². The van der Waals surface area contributed by atoms with Crippen LogP contribution >= 0.6 is 0 Å². The van der Waals surface area contributed by atoms with Crippen molar-refractivity contribution in [3.63, 3.8) is 0 Å². The summed E-state index contributed by atoms with van der Waals surface area (Å²) in [5.41, 5.74) is 1.59. The molecule has 4 rings (SSSR count). The second kappa shape index (κ2) is 6.64. The van der Waals surface area contributed by atoms with E-state index in [2.05, 4.69) is 17.1 Å². The van der Waals surface area contributed by atoms with Gasteiger partial charge in [-0.1, -0.05) is 24.3 Å². The Morgan fingerprint density at radius 2 is 2.08 bits per heavy atom. The van der Waals surface area contributed by atoms with E-state index in [4.69, 9.17) is 10.00 Å². The Morgan fingerprint density at radius 1 is 1.19 bits per heavy atom. The second-order valence-electron chi connectivity index (χ2n) is 6.73. The molecule has 0 radical (unpaired) electrons. The number of fused-ring (bicyclic) bond motifs is 1. The molecule has 130 valence electrons. The van der Waals surface area contributed by atoms with Crippen LogP contribution in [0.4, 0.5) is 0 Å². The Morgan fingerprint density at radius 3 is 2.88 bits per heavy atom. The Kier molecular flexibility index (Phi) is 4.18. The summed E-state index contributed by atoms with van der Waals surface area (Å²) in [5.74, 6) is 0.866. The van der Waals surface area contributed by atoms with Crippen LogP contribution < -0.4 is 4.74 Å². The molecule has 26 heavy (non-hydrogen) atoms. The molecule has 1 aromatic carbocycles. The number of amides is 1. The lowest BCUT2D eigenvalue weighted by molar-refractivity contribution is 0.0730. The number of hydrogen-bond acceptors (Lipinski definition) is 4. The lowest BCUT2D eigenvalue weighted by Gasteiger charge is -2.34. The maximum atomic E-state index is 12.8. The van der Waals surface area contributed by atoms with Gasteiger partial charge in [-0.05, 0) is 37.1 Å². The average molecular weight is 345 g/mol. The lowest BCUT2D eigenvalue weighted by Crippen LogP contribution is -2.38. The molecule has 5 heteroatoms. The van der Waals surface area contributed by atoms with Crippen molar-refractivity contribution in [2.75, 3.05) is 13.1 Å². The first-order chi connectivity index (χ1) is 12.7. The third-order valence-electron chi connectivity index (χ3n) is 5.04. The molecular formula is C21H19N3O2. The molecule has 2 aliphatic heterocycles. The molecular weight excluding hydrogens is 326 g/mol. The van der Waals surface area contributed by atoms with Gasteiger partial charge in [-0.25, -0.2) is 4.98 Å². The molecule has 2 aromatic rings. The van der Waals surface area contributed by atoms with E-state index < -0.39 is 0 Å². The van der Waals surface area contributed by atoms with Crippen LogP contribution in [-0.2, 0) is 0 Å². The number of aromatic nitrogens is 1. The number of likely N-dealkylation sites (tertiary alicyclic amines) is 1. The first-order valence-electron chi connectivity index (χ1n) is 8.82. The average Bonchev–Trinajstić information content (AvgIpc) is 2.90. The second-order valence-corrected chi connectivity index (χ2v) is 6.73. The molecule has 0 unspecified atom stereocenters. The van der Waals surface area contributed by atoms with Gasteiger partial charge in [-0.3, -0.25) is 4.79 Å². The Bertz CT molecular complexity index is 898. The fourth-order valence-electron chi connectivity index (χ4n) is 3.58. The van der Waals surface area contributed by atoms with Crippen LogP contribution in [0.3, 0.4) is 0 Å². The minimum atomic E-state index is -0.341. The molecule has 0 saturated carbocycles. The summed E-state index contributed by atoms with van der Waals surface area (Å²) < 4.78 is 6.33. The molecule has 1 aromatic heterocycles. The van der Waals surface area contributed by atoms with E-state index in [9.17, 15) is 4.79 Å². The van der Waals surface area contributed by atoms with Crippen molar-refractivity contribution >= 4 is 12.0 Å². The van der Waals surface area contributed by atoms with Crippen molar-refractivity contribution in [2.24, 2.45) is 0 Å². The first-order valence-corrected chi connectivity index (χ1v) is 8.82. The molecule has 0 bridgehead atoms. The Hall–Kier alpha value is -3.13. The van der Waals surface area contributed by atoms with Crippen molar-refractivity contribution in [3.8, 4) is 11.8 Å². The highest BCUT2D eigenvalue weighted by atomic mass is 16.5. The normalized spacial score (nSPS) is 21.4. The van der Waals surface area contributed by atoms with Crippen LogP contribution in [0.1, 0.15) is 40.9 Å². The lowest BCUT2D eigenvalue weighted by atomic mass is 9.91. The highest BCUT2D eigenvalue weighted by Gasteiger charge is 2.35.